The average Bonchev–Trinajstić information content (AvgIpc) is 2.19. The minimum Gasteiger partial charge on any atom is -0.451 e. The molecule has 0 bridgehead atoms. The molecule has 0 saturated carbocycles. The van der Waals surface area contributed by atoms with Crippen LogP contribution in [0.1, 0.15) is 31.1 Å². The topological polar surface area (TPSA) is 43.4 Å². The second-order valence-corrected chi connectivity index (χ2v) is 4.06. The molecule has 0 aliphatic heterocycles. The molecule has 1 aromatic carbocycles. The van der Waals surface area contributed by atoms with Crippen molar-refractivity contribution in [3.8, 4) is 0 Å². The van der Waals surface area contributed by atoms with Crippen molar-refractivity contribution in [2.24, 2.45) is 0 Å². The molecule has 17 heavy (non-hydrogen) atoms. The van der Waals surface area contributed by atoms with Crippen LogP contribution in [0.15, 0.2) is 18.2 Å². The lowest BCUT2D eigenvalue weighted by Crippen LogP contribution is -2.36. The third-order valence-corrected chi connectivity index (χ3v) is 2.13. The fourth-order valence-electron chi connectivity index (χ4n) is 1.39. The summed E-state index contributed by atoms with van der Waals surface area (Å²) in [6, 6.07) is 2.78. The second-order valence-electron chi connectivity index (χ2n) is 4.06. The highest BCUT2D eigenvalue weighted by molar-refractivity contribution is 6.02. The van der Waals surface area contributed by atoms with Crippen LogP contribution in [0.5, 0.6) is 0 Å². The number of carbonyl (C=O) groups is 2. The lowest BCUT2D eigenvalue weighted by molar-refractivity contribution is -0.149. The van der Waals surface area contributed by atoms with Crippen molar-refractivity contribution < 1.29 is 23.1 Å². The van der Waals surface area contributed by atoms with Gasteiger partial charge in [0.2, 0.25) is 5.78 Å². The Kier molecular flexibility index (Phi) is 3.60. The fraction of sp³-hybridized carbons (Fsp3) is 0.333. The molecule has 0 aromatic heterocycles. The van der Waals surface area contributed by atoms with E-state index in [-0.39, 0.29) is 5.56 Å². The first-order valence-corrected chi connectivity index (χ1v) is 4.93. The van der Waals surface area contributed by atoms with Crippen molar-refractivity contribution >= 4 is 11.8 Å². The number of ether oxygens (including phenoxy) is 1. The van der Waals surface area contributed by atoms with E-state index in [9.17, 15) is 18.4 Å². The van der Waals surface area contributed by atoms with E-state index in [1.807, 2.05) is 0 Å². The Bertz CT molecular complexity index is 467. The molecule has 0 N–H and O–H groups in total. The molecule has 0 amide bonds. The summed E-state index contributed by atoms with van der Waals surface area (Å²) in [5.41, 5.74) is -1.45. The van der Waals surface area contributed by atoms with Gasteiger partial charge in [0.25, 0.3) is 0 Å². The molecule has 5 heteroatoms. The molecule has 0 radical (unpaired) electrons. The summed E-state index contributed by atoms with van der Waals surface area (Å²) >= 11 is 0. The van der Waals surface area contributed by atoms with Gasteiger partial charge in [-0.2, -0.15) is 0 Å². The maximum Gasteiger partial charge on any atom is 0.303 e. The van der Waals surface area contributed by atoms with Crippen LogP contribution in [-0.2, 0) is 9.53 Å². The molecule has 3 nitrogen and oxygen atoms in total. The fourth-order valence-corrected chi connectivity index (χ4v) is 1.39. The van der Waals surface area contributed by atoms with Crippen LogP contribution in [0, 0.1) is 11.6 Å². The molecule has 1 aromatic rings. The van der Waals surface area contributed by atoms with Gasteiger partial charge < -0.3 is 4.74 Å². The third-order valence-electron chi connectivity index (χ3n) is 2.13. The highest BCUT2D eigenvalue weighted by Crippen LogP contribution is 2.19. The van der Waals surface area contributed by atoms with Crippen LogP contribution in [0.4, 0.5) is 8.78 Å². The van der Waals surface area contributed by atoms with E-state index in [4.69, 9.17) is 4.74 Å². The van der Waals surface area contributed by atoms with E-state index >= 15 is 0 Å². The predicted molar refractivity (Wildman–Crippen MR) is 56.5 cm³/mol. The van der Waals surface area contributed by atoms with Crippen molar-refractivity contribution in [2.45, 2.75) is 26.4 Å². The van der Waals surface area contributed by atoms with Crippen molar-refractivity contribution in [3.63, 3.8) is 0 Å². The summed E-state index contributed by atoms with van der Waals surface area (Å²) in [5, 5.41) is 0. The van der Waals surface area contributed by atoms with Crippen molar-refractivity contribution in [1.29, 1.82) is 0 Å². The molecule has 0 spiro atoms. The van der Waals surface area contributed by atoms with E-state index in [1.54, 1.807) is 0 Å². The van der Waals surface area contributed by atoms with E-state index in [1.165, 1.54) is 20.8 Å². The zero-order valence-electron chi connectivity index (χ0n) is 9.71. The van der Waals surface area contributed by atoms with Gasteiger partial charge in [-0.25, -0.2) is 8.78 Å². The third kappa shape index (κ3) is 3.09. The second kappa shape index (κ2) is 4.61. The average molecular weight is 242 g/mol. The van der Waals surface area contributed by atoms with Crippen LogP contribution in [-0.4, -0.2) is 17.4 Å². The normalized spacial score (nSPS) is 11.1. The van der Waals surface area contributed by atoms with E-state index in [2.05, 4.69) is 0 Å². The van der Waals surface area contributed by atoms with Gasteiger partial charge in [-0.1, -0.05) is 0 Å². The highest BCUT2D eigenvalue weighted by atomic mass is 19.2. The molecule has 0 heterocycles. The summed E-state index contributed by atoms with van der Waals surface area (Å²) in [4.78, 5) is 22.7. The molecule has 0 aliphatic carbocycles. The Morgan fingerprint density at radius 3 is 2.24 bits per heavy atom. The van der Waals surface area contributed by atoms with Gasteiger partial charge >= 0.3 is 5.97 Å². The Labute approximate surface area is 97.4 Å². The molecular weight excluding hydrogens is 230 g/mol. The minimum absolute atomic E-state index is 0.0462. The Balaban J connectivity index is 3.03. The first-order valence-electron chi connectivity index (χ1n) is 4.93. The number of esters is 1. The van der Waals surface area contributed by atoms with Crippen molar-refractivity contribution in [3.05, 3.63) is 35.4 Å². The zero-order valence-corrected chi connectivity index (χ0v) is 9.71. The number of ketones is 1. The largest absolute Gasteiger partial charge is 0.451 e. The molecular formula is C12H12F2O3. The minimum atomic E-state index is -1.41. The van der Waals surface area contributed by atoms with Gasteiger partial charge in [-0.15, -0.1) is 0 Å². The molecule has 92 valence electrons. The van der Waals surface area contributed by atoms with Crippen molar-refractivity contribution in [1.82, 2.24) is 0 Å². The van der Waals surface area contributed by atoms with Crippen LogP contribution < -0.4 is 0 Å². The number of hydrogen-bond donors (Lipinski definition) is 0. The summed E-state index contributed by atoms with van der Waals surface area (Å²) in [6.45, 7) is 3.94. The number of Topliss-reactive ketones (excluding diaryl/α,β-unsaturated/α-hetero) is 1. The summed E-state index contributed by atoms with van der Waals surface area (Å²) in [7, 11) is 0. The van der Waals surface area contributed by atoms with Crippen LogP contribution in [0.2, 0.25) is 0 Å². The number of hydrogen-bond acceptors (Lipinski definition) is 3. The molecule has 0 saturated heterocycles. The van der Waals surface area contributed by atoms with Crippen LogP contribution >= 0.6 is 0 Å². The van der Waals surface area contributed by atoms with Gasteiger partial charge in [0.1, 0.15) is 0 Å². The first-order chi connectivity index (χ1) is 7.74. The lowest BCUT2D eigenvalue weighted by atomic mass is 9.96. The monoisotopic (exact) mass is 242 g/mol. The number of halogens is 2. The maximum absolute atomic E-state index is 13.0. The van der Waals surface area contributed by atoms with Crippen LogP contribution in [0.25, 0.3) is 0 Å². The van der Waals surface area contributed by atoms with Gasteiger partial charge in [0.15, 0.2) is 17.2 Å². The summed E-state index contributed by atoms with van der Waals surface area (Å²) in [5.74, 6) is -3.36. The summed E-state index contributed by atoms with van der Waals surface area (Å²) in [6.07, 6.45) is 0. The molecule has 0 aliphatic rings. The summed E-state index contributed by atoms with van der Waals surface area (Å²) < 4.78 is 30.5. The standard InChI is InChI=1S/C12H12F2O3/c1-7(15)17-12(2,3)11(16)8-4-5-9(13)10(14)6-8/h4-6H,1-3H3. The Morgan fingerprint density at radius 2 is 1.76 bits per heavy atom. The van der Waals surface area contributed by atoms with Gasteiger partial charge in [0.05, 0.1) is 0 Å². The van der Waals surface area contributed by atoms with Crippen LogP contribution in [0.3, 0.4) is 0 Å². The van der Waals surface area contributed by atoms with E-state index in [0.29, 0.717) is 0 Å². The zero-order chi connectivity index (χ0) is 13.2. The smallest absolute Gasteiger partial charge is 0.303 e. The van der Waals surface area contributed by atoms with Crippen molar-refractivity contribution in [2.75, 3.05) is 0 Å². The van der Waals surface area contributed by atoms with Gasteiger partial charge in [-0.05, 0) is 32.0 Å². The predicted octanol–water partition coefficient (Wildman–Crippen LogP) is 2.49. The molecule has 0 fully saturated rings. The Hall–Kier alpha value is -1.78. The van der Waals surface area contributed by atoms with E-state index < -0.39 is 29.0 Å². The number of benzene rings is 1. The highest BCUT2D eigenvalue weighted by Gasteiger charge is 2.32. The quantitative estimate of drug-likeness (QED) is 0.604. The maximum atomic E-state index is 13.0. The number of carbonyl (C=O) groups excluding carboxylic acids is 2. The van der Waals surface area contributed by atoms with Gasteiger partial charge in [-0.3, -0.25) is 9.59 Å². The Morgan fingerprint density at radius 1 is 1.18 bits per heavy atom. The molecule has 1 rings (SSSR count). The SMILES string of the molecule is CC(=O)OC(C)(C)C(=O)c1ccc(F)c(F)c1. The van der Waals surface area contributed by atoms with Gasteiger partial charge in [0, 0.05) is 12.5 Å². The lowest BCUT2D eigenvalue weighted by Gasteiger charge is -2.22. The molecule has 0 atom stereocenters. The number of rotatable bonds is 3. The first kappa shape index (κ1) is 13.3. The molecule has 0 unspecified atom stereocenters. The van der Waals surface area contributed by atoms with E-state index in [0.717, 1.165) is 18.2 Å².